The molecule has 1 N–H and O–H groups in total. The Bertz CT molecular complexity index is 1120. The van der Waals surface area contributed by atoms with E-state index in [9.17, 15) is 4.79 Å². The minimum atomic E-state index is -0.156. The van der Waals surface area contributed by atoms with Gasteiger partial charge >= 0.3 is 0 Å². The summed E-state index contributed by atoms with van der Waals surface area (Å²) < 4.78 is 16.5. The number of thioether (sulfide) groups is 1. The van der Waals surface area contributed by atoms with Crippen LogP contribution >= 0.6 is 11.8 Å². The number of nitrogens with zero attached hydrogens (tertiary/aromatic N) is 2. The molecule has 0 aliphatic carbocycles. The van der Waals surface area contributed by atoms with Crippen LogP contribution in [0.25, 0.3) is 0 Å². The molecule has 1 amide bonds. The van der Waals surface area contributed by atoms with E-state index in [-0.39, 0.29) is 12.5 Å². The second kappa shape index (κ2) is 9.99. The van der Waals surface area contributed by atoms with Crippen LogP contribution in [0.3, 0.4) is 0 Å². The van der Waals surface area contributed by atoms with Crippen LogP contribution in [-0.2, 0) is 18.9 Å². The van der Waals surface area contributed by atoms with Gasteiger partial charge in [-0.3, -0.25) is 4.79 Å². The minimum absolute atomic E-state index is 0.156. The summed E-state index contributed by atoms with van der Waals surface area (Å²) in [6, 6.07) is 18.8. The lowest BCUT2D eigenvalue weighted by Crippen LogP contribution is -2.22. The van der Waals surface area contributed by atoms with Crippen molar-refractivity contribution in [3.05, 3.63) is 95.3 Å². The maximum atomic E-state index is 12.4. The van der Waals surface area contributed by atoms with Gasteiger partial charge in [0.1, 0.15) is 11.5 Å². The summed E-state index contributed by atoms with van der Waals surface area (Å²) in [6.45, 7) is 2.58. The second-order valence-electron chi connectivity index (χ2n) is 6.81. The van der Waals surface area contributed by atoms with Gasteiger partial charge in [0.25, 0.3) is 17.0 Å². The fraction of sp³-hybridized carbons (Fsp3) is 0.174. The van der Waals surface area contributed by atoms with Crippen molar-refractivity contribution in [2.24, 2.45) is 0 Å². The molecule has 0 spiro atoms. The molecule has 0 unspecified atom stereocenters. The molecule has 2 heterocycles. The normalized spacial score (nSPS) is 10.7. The third kappa shape index (κ3) is 5.99. The van der Waals surface area contributed by atoms with Crippen molar-refractivity contribution in [3.8, 4) is 5.75 Å². The van der Waals surface area contributed by atoms with Gasteiger partial charge in [-0.15, -0.1) is 10.2 Å². The number of aryl methyl sites for hydroxylation is 1. The number of ether oxygens (including phenoxy) is 1. The lowest BCUT2D eigenvalue weighted by atomic mass is 10.1. The summed E-state index contributed by atoms with van der Waals surface area (Å²) in [4.78, 5) is 12.4. The summed E-state index contributed by atoms with van der Waals surface area (Å²) in [5.41, 5.74) is 2.73. The van der Waals surface area contributed by atoms with E-state index in [2.05, 4.69) is 15.5 Å². The molecule has 0 radical (unpaired) electrons. The van der Waals surface area contributed by atoms with E-state index in [0.29, 0.717) is 34.7 Å². The Morgan fingerprint density at radius 3 is 2.77 bits per heavy atom. The van der Waals surface area contributed by atoms with Crippen molar-refractivity contribution < 1.29 is 18.4 Å². The molecular formula is C23H21N3O4S. The van der Waals surface area contributed by atoms with Crippen molar-refractivity contribution in [1.29, 1.82) is 0 Å². The Balaban J connectivity index is 1.27. The van der Waals surface area contributed by atoms with Crippen LogP contribution in [0.4, 0.5) is 0 Å². The van der Waals surface area contributed by atoms with Gasteiger partial charge < -0.3 is 18.9 Å². The topological polar surface area (TPSA) is 90.4 Å². The van der Waals surface area contributed by atoms with Gasteiger partial charge in [0.2, 0.25) is 0 Å². The third-order valence-electron chi connectivity index (χ3n) is 4.39. The van der Waals surface area contributed by atoms with Gasteiger partial charge in [-0.1, -0.05) is 41.6 Å². The van der Waals surface area contributed by atoms with Crippen LogP contribution in [0.15, 0.2) is 81.0 Å². The Hall–Kier alpha value is -3.52. The lowest BCUT2D eigenvalue weighted by molar-refractivity contribution is 0.0948. The first-order valence-corrected chi connectivity index (χ1v) is 10.7. The number of aromatic nitrogens is 2. The number of carbonyl (C=O) groups is 1. The fourth-order valence-electron chi connectivity index (χ4n) is 2.76. The lowest BCUT2D eigenvalue weighted by Gasteiger charge is -2.05. The predicted octanol–water partition coefficient (Wildman–Crippen LogP) is 4.77. The van der Waals surface area contributed by atoms with Gasteiger partial charge in [0.05, 0.1) is 12.8 Å². The molecule has 31 heavy (non-hydrogen) atoms. The van der Waals surface area contributed by atoms with Crippen LogP contribution < -0.4 is 10.1 Å². The van der Waals surface area contributed by atoms with E-state index in [1.165, 1.54) is 17.3 Å². The molecular weight excluding hydrogens is 414 g/mol. The summed E-state index contributed by atoms with van der Waals surface area (Å²) in [5.74, 6) is 2.31. The van der Waals surface area contributed by atoms with Crippen molar-refractivity contribution in [2.75, 3.05) is 0 Å². The minimum Gasteiger partial charge on any atom is -0.484 e. The van der Waals surface area contributed by atoms with E-state index >= 15 is 0 Å². The molecule has 0 atom stereocenters. The van der Waals surface area contributed by atoms with Crippen molar-refractivity contribution in [3.63, 3.8) is 0 Å². The third-order valence-corrected chi connectivity index (χ3v) is 5.28. The highest BCUT2D eigenvalue weighted by Crippen LogP contribution is 2.23. The fourth-order valence-corrected chi connectivity index (χ4v) is 3.49. The van der Waals surface area contributed by atoms with Crippen molar-refractivity contribution in [2.45, 2.75) is 31.1 Å². The summed E-state index contributed by atoms with van der Waals surface area (Å²) in [5, 5.41) is 11.4. The van der Waals surface area contributed by atoms with Gasteiger partial charge in [-0.2, -0.15) is 0 Å². The molecule has 0 aliphatic heterocycles. The first kappa shape index (κ1) is 20.7. The average Bonchev–Trinajstić information content (AvgIpc) is 3.48. The van der Waals surface area contributed by atoms with Crippen LogP contribution in [0, 0.1) is 6.92 Å². The van der Waals surface area contributed by atoms with Crippen molar-refractivity contribution in [1.82, 2.24) is 15.5 Å². The van der Waals surface area contributed by atoms with Crippen LogP contribution in [0.2, 0.25) is 0 Å². The molecule has 2 aromatic carbocycles. The van der Waals surface area contributed by atoms with Crippen LogP contribution in [-0.4, -0.2) is 16.1 Å². The number of hydrogen-bond acceptors (Lipinski definition) is 7. The average molecular weight is 436 g/mol. The molecule has 7 nitrogen and oxygen atoms in total. The number of furan rings is 1. The molecule has 8 heteroatoms. The summed E-state index contributed by atoms with van der Waals surface area (Å²) >= 11 is 1.41. The van der Waals surface area contributed by atoms with Crippen molar-refractivity contribution >= 4 is 17.7 Å². The van der Waals surface area contributed by atoms with Gasteiger partial charge in [0.15, 0.2) is 6.61 Å². The molecule has 0 saturated heterocycles. The number of nitrogens with one attached hydrogen (secondary N) is 1. The zero-order valence-corrected chi connectivity index (χ0v) is 17.7. The molecule has 4 rings (SSSR count). The Morgan fingerprint density at radius 1 is 1.10 bits per heavy atom. The van der Waals surface area contributed by atoms with E-state index < -0.39 is 0 Å². The zero-order valence-electron chi connectivity index (χ0n) is 16.9. The SMILES string of the molecule is Cc1ccc(OCc2nnc(SCc3cccc(C(=O)NCc4ccco4)c3)o2)cc1. The van der Waals surface area contributed by atoms with Gasteiger partial charge in [-0.25, -0.2) is 0 Å². The largest absolute Gasteiger partial charge is 0.484 e. The monoisotopic (exact) mass is 435 g/mol. The standard InChI is InChI=1S/C23H21N3O4S/c1-16-7-9-19(10-8-16)29-14-21-25-26-23(30-21)31-15-17-4-2-5-18(12-17)22(27)24-13-20-6-3-11-28-20/h2-12H,13-15H2,1H3,(H,24,27). The predicted molar refractivity (Wildman–Crippen MR) is 116 cm³/mol. The highest BCUT2D eigenvalue weighted by atomic mass is 32.2. The Morgan fingerprint density at radius 2 is 1.97 bits per heavy atom. The first-order valence-electron chi connectivity index (χ1n) is 9.70. The molecule has 158 valence electrons. The molecule has 2 aromatic heterocycles. The smallest absolute Gasteiger partial charge is 0.277 e. The highest BCUT2D eigenvalue weighted by molar-refractivity contribution is 7.98. The summed E-state index contributed by atoms with van der Waals surface area (Å²) in [6.07, 6.45) is 1.58. The molecule has 0 fully saturated rings. The van der Waals surface area contributed by atoms with Gasteiger partial charge in [0, 0.05) is 11.3 Å². The van der Waals surface area contributed by atoms with E-state index in [4.69, 9.17) is 13.6 Å². The van der Waals surface area contributed by atoms with Crippen LogP contribution in [0.5, 0.6) is 5.75 Å². The van der Waals surface area contributed by atoms with E-state index in [1.54, 1.807) is 18.4 Å². The molecule has 0 saturated carbocycles. The Labute approximate surface area is 183 Å². The number of amides is 1. The van der Waals surface area contributed by atoms with E-state index in [0.717, 1.165) is 11.3 Å². The zero-order chi connectivity index (χ0) is 21.5. The number of carbonyl (C=O) groups excluding carboxylic acids is 1. The first-order chi connectivity index (χ1) is 15.2. The highest BCUT2D eigenvalue weighted by Gasteiger charge is 2.10. The molecule has 0 aliphatic rings. The maximum absolute atomic E-state index is 12.4. The molecule has 0 bridgehead atoms. The maximum Gasteiger partial charge on any atom is 0.277 e. The van der Waals surface area contributed by atoms with Gasteiger partial charge in [-0.05, 0) is 48.9 Å². The van der Waals surface area contributed by atoms with Crippen LogP contribution in [0.1, 0.15) is 33.1 Å². The second-order valence-corrected chi connectivity index (χ2v) is 7.74. The Kier molecular flexibility index (Phi) is 6.68. The quantitative estimate of drug-likeness (QED) is 0.379. The number of benzene rings is 2. The molecule has 4 aromatic rings. The number of rotatable bonds is 9. The number of hydrogen-bond donors (Lipinski definition) is 1. The summed E-state index contributed by atoms with van der Waals surface area (Å²) in [7, 11) is 0. The van der Waals surface area contributed by atoms with E-state index in [1.807, 2.05) is 55.5 Å².